The van der Waals surface area contributed by atoms with Gasteiger partial charge in [0.05, 0.1) is 5.02 Å². The average Bonchev–Trinajstić information content (AvgIpc) is 3.14. The number of oxazole rings is 1. The maximum absolute atomic E-state index is 11.6. The highest BCUT2D eigenvalue weighted by molar-refractivity contribution is 7.99. The van der Waals surface area contributed by atoms with Crippen molar-refractivity contribution in [1.82, 2.24) is 15.0 Å². The molecule has 4 heterocycles. The summed E-state index contributed by atoms with van der Waals surface area (Å²) in [5.74, 6) is 0.938. The van der Waals surface area contributed by atoms with Crippen molar-refractivity contribution in [2.75, 3.05) is 19.5 Å². The van der Waals surface area contributed by atoms with Crippen LogP contribution < -0.4 is 0 Å². The van der Waals surface area contributed by atoms with Gasteiger partial charge in [-0.1, -0.05) is 11.6 Å². The Balaban J connectivity index is 1.69. The Labute approximate surface area is 175 Å². The lowest BCUT2D eigenvalue weighted by atomic mass is 10.0. The van der Waals surface area contributed by atoms with Crippen LogP contribution in [0.3, 0.4) is 0 Å². The molecule has 9 heteroatoms. The third-order valence-corrected chi connectivity index (χ3v) is 6.35. The van der Waals surface area contributed by atoms with E-state index in [0.29, 0.717) is 39.9 Å². The van der Waals surface area contributed by atoms with E-state index in [2.05, 4.69) is 9.97 Å². The van der Waals surface area contributed by atoms with Crippen LogP contribution in [0.5, 0.6) is 0 Å². The molecule has 0 spiro atoms. The maximum Gasteiger partial charge on any atom is 0.244 e. The molecule has 3 aromatic rings. The van der Waals surface area contributed by atoms with Crippen LogP contribution in [0.1, 0.15) is 24.7 Å². The first kappa shape index (κ1) is 19.7. The van der Waals surface area contributed by atoms with E-state index in [0.717, 1.165) is 23.4 Å². The van der Waals surface area contributed by atoms with Crippen molar-refractivity contribution >= 4 is 34.5 Å². The minimum Gasteiger partial charge on any atom is -0.610 e. The third-order valence-electron chi connectivity index (χ3n) is 4.38. The van der Waals surface area contributed by atoms with Crippen molar-refractivity contribution in [1.29, 1.82) is 0 Å². The fourth-order valence-electron chi connectivity index (χ4n) is 2.90. The van der Waals surface area contributed by atoms with Crippen LogP contribution in [0, 0.1) is 0 Å². The van der Waals surface area contributed by atoms with E-state index in [1.165, 1.54) is 11.8 Å². The number of hydrogen-bond acceptors (Lipinski definition) is 7. The Morgan fingerprint density at radius 3 is 2.61 bits per heavy atom. The summed E-state index contributed by atoms with van der Waals surface area (Å²) in [7, 11) is 0. The highest BCUT2D eigenvalue weighted by atomic mass is 35.5. The fourth-order valence-corrected chi connectivity index (χ4v) is 4.29. The number of nitrogens with zero attached hydrogens (tertiary/aromatic N) is 3. The average molecular weight is 436 g/mol. The standard InChI is InChI=1S/C19H18ClN3O3S2/c1-28(24)16-5-2-13(10-22-16)17-19(27-15-4-3-14(20)11-21-15)26-18(23-17)12-6-8-25-9-7-12/h2-5,10-12H,6-9H2,1H3. The van der Waals surface area contributed by atoms with E-state index in [9.17, 15) is 4.55 Å². The van der Waals surface area contributed by atoms with Gasteiger partial charge in [-0.2, -0.15) is 0 Å². The molecule has 0 aliphatic carbocycles. The normalized spacial score (nSPS) is 16.2. The number of rotatable bonds is 5. The Morgan fingerprint density at radius 1 is 1.14 bits per heavy atom. The zero-order valence-electron chi connectivity index (χ0n) is 15.1. The Hall–Kier alpha value is -1.58. The third kappa shape index (κ3) is 4.52. The summed E-state index contributed by atoms with van der Waals surface area (Å²) in [6.45, 7) is 1.42. The second kappa shape index (κ2) is 8.84. The van der Waals surface area contributed by atoms with Gasteiger partial charge in [-0.15, -0.1) is 0 Å². The van der Waals surface area contributed by atoms with E-state index >= 15 is 0 Å². The molecule has 0 bridgehead atoms. The smallest absolute Gasteiger partial charge is 0.244 e. The summed E-state index contributed by atoms with van der Waals surface area (Å²) in [6, 6.07) is 7.26. The van der Waals surface area contributed by atoms with Crippen molar-refractivity contribution in [2.24, 2.45) is 0 Å². The fraction of sp³-hybridized carbons (Fsp3) is 0.316. The highest BCUT2D eigenvalue weighted by Crippen LogP contribution is 2.39. The molecule has 0 aromatic carbocycles. The van der Waals surface area contributed by atoms with Gasteiger partial charge >= 0.3 is 0 Å². The second-order valence-corrected chi connectivity index (χ2v) is 9.09. The lowest BCUT2D eigenvalue weighted by molar-refractivity contribution is 0.0786. The summed E-state index contributed by atoms with van der Waals surface area (Å²) in [5.41, 5.74) is 1.52. The summed E-state index contributed by atoms with van der Waals surface area (Å²) in [4.78, 5) is 13.4. The van der Waals surface area contributed by atoms with Crippen LogP contribution in [0.2, 0.25) is 5.02 Å². The molecule has 1 saturated heterocycles. The second-order valence-electron chi connectivity index (χ2n) is 6.33. The first-order chi connectivity index (χ1) is 13.6. The van der Waals surface area contributed by atoms with E-state index in [1.807, 2.05) is 12.1 Å². The molecular weight excluding hydrogens is 418 g/mol. The molecule has 0 N–H and O–H groups in total. The van der Waals surface area contributed by atoms with Crippen LogP contribution in [-0.4, -0.2) is 39.0 Å². The van der Waals surface area contributed by atoms with Gasteiger partial charge in [-0.3, -0.25) is 0 Å². The van der Waals surface area contributed by atoms with Crippen molar-refractivity contribution in [3.05, 3.63) is 47.6 Å². The van der Waals surface area contributed by atoms with Crippen molar-refractivity contribution in [3.63, 3.8) is 0 Å². The van der Waals surface area contributed by atoms with Crippen LogP contribution >= 0.6 is 23.4 Å². The lowest BCUT2D eigenvalue weighted by Crippen LogP contribution is -2.14. The number of halogens is 1. The monoisotopic (exact) mass is 435 g/mol. The Morgan fingerprint density at radius 2 is 1.96 bits per heavy atom. The lowest BCUT2D eigenvalue weighted by Gasteiger charge is -2.18. The molecule has 1 fully saturated rings. The molecule has 3 aromatic heterocycles. The quantitative estimate of drug-likeness (QED) is 0.542. The van der Waals surface area contributed by atoms with Gasteiger partial charge in [0.25, 0.3) is 0 Å². The van der Waals surface area contributed by atoms with Crippen molar-refractivity contribution in [2.45, 2.75) is 33.9 Å². The van der Waals surface area contributed by atoms with Crippen molar-refractivity contribution in [3.8, 4) is 11.3 Å². The minimum atomic E-state index is -1.13. The molecule has 4 rings (SSSR count). The summed E-state index contributed by atoms with van der Waals surface area (Å²) >= 11 is 6.20. The predicted octanol–water partition coefficient (Wildman–Crippen LogP) is 4.57. The van der Waals surface area contributed by atoms with Gasteiger partial charge in [0, 0.05) is 54.3 Å². The Kier molecular flexibility index (Phi) is 6.22. The maximum atomic E-state index is 11.6. The van der Waals surface area contributed by atoms with Gasteiger partial charge in [0.1, 0.15) is 17.0 Å². The van der Waals surface area contributed by atoms with Gasteiger partial charge in [0.2, 0.25) is 5.03 Å². The Bertz CT molecular complexity index is 927. The van der Waals surface area contributed by atoms with Gasteiger partial charge in [0.15, 0.2) is 11.0 Å². The van der Waals surface area contributed by atoms with Crippen LogP contribution in [0.25, 0.3) is 11.3 Å². The SMILES string of the molecule is C[S+]([O-])c1ccc(-c2nc(C3CCOCC3)oc2Sc2ccc(Cl)cn2)cn1. The molecule has 1 aliphatic rings. The highest BCUT2D eigenvalue weighted by Gasteiger charge is 2.25. The van der Waals surface area contributed by atoms with E-state index in [-0.39, 0.29) is 5.92 Å². The predicted molar refractivity (Wildman–Crippen MR) is 108 cm³/mol. The number of hydrogen-bond donors (Lipinski definition) is 0. The molecule has 1 atom stereocenters. The molecule has 1 unspecified atom stereocenters. The first-order valence-electron chi connectivity index (χ1n) is 8.78. The first-order valence-corrected chi connectivity index (χ1v) is 11.5. The molecule has 0 saturated carbocycles. The molecule has 0 radical (unpaired) electrons. The number of pyridine rings is 2. The molecular formula is C19H18ClN3O3S2. The largest absolute Gasteiger partial charge is 0.610 e. The van der Waals surface area contributed by atoms with Crippen LogP contribution in [0.15, 0.2) is 56.2 Å². The summed E-state index contributed by atoms with van der Waals surface area (Å²) in [5, 5.41) is 2.53. The molecule has 0 amide bonds. The zero-order chi connectivity index (χ0) is 19.5. The van der Waals surface area contributed by atoms with Gasteiger partial charge in [-0.25, -0.2) is 15.0 Å². The summed E-state index contributed by atoms with van der Waals surface area (Å²) in [6.07, 6.45) is 6.66. The van der Waals surface area contributed by atoms with E-state index < -0.39 is 11.2 Å². The van der Waals surface area contributed by atoms with Crippen LogP contribution in [-0.2, 0) is 15.9 Å². The van der Waals surface area contributed by atoms with E-state index in [4.69, 9.17) is 25.7 Å². The number of aromatic nitrogens is 3. The topological polar surface area (TPSA) is 84.1 Å². The van der Waals surface area contributed by atoms with Gasteiger partial charge in [-0.05, 0) is 42.8 Å². The summed E-state index contributed by atoms with van der Waals surface area (Å²) < 4.78 is 23.2. The molecule has 6 nitrogen and oxygen atoms in total. The zero-order valence-corrected chi connectivity index (χ0v) is 17.5. The minimum absolute atomic E-state index is 0.232. The molecule has 1 aliphatic heterocycles. The van der Waals surface area contributed by atoms with E-state index in [1.54, 1.807) is 30.8 Å². The molecule has 146 valence electrons. The van der Waals surface area contributed by atoms with Crippen LogP contribution in [0.4, 0.5) is 0 Å². The van der Waals surface area contributed by atoms with Gasteiger partial charge < -0.3 is 13.7 Å². The number of ether oxygens (including phenoxy) is 1. The van der Waals surface area contributed by atoms with Crippen molar-refractivity contribution < 1.29 is 13.7 Å². The molecule has 28 heavy (non-hydrogen) atoms.